The van der Waals surface area contributed by atoms with E-state index in [1.165, 1.54) is 18.3 Å². The Hall–Kier alpha value is -4.56. The molecule has 1 fully saturated rings. The fraction of sp³-hybridized carbons (Fsp3) is 0.306. The zero-order valence-corrected chi connectivity index (χ0v) is 28.4. The molecule has 1 aliphatic heterocycles. The number of pyridine rings is 1. The number of halogens is 3. The van der Waals surface area contributed by atoms with Crippen LogP contribution in [0, 0.1) is 17.1 Å². The molecule has 0 aliphatic carbocycles. The van der Waals surface area contributed by atoms with Gasteiger partial charge in [-0.2, -0.15) is 5.26 Å². The summed E-state index contributed by atoms with van der Waals surface area (Å²) in [4.78, 5) is 21.4. The van der Waals surface area contributed by atoms with Gasteiger partial charge in [0.2, 0.25) is 0 Å². The second kappa shape index (κ2) is 14.3. The standard InChI is InChI=1S/C36H35Cl2FN8O/c1-4-46-12-10-27(11-13-46)47-21-33(43-44-47)28(23-6-5-7-24(17-23)36(48)45(2)3)14-22-15-29-34(42-26-8-9-32(39)30(37)18-26)25(19-40)20-41-35(29)31(38)16-22/h5-9,15-18,20-21,27-28H,4,10-14H2,1-3H3,(H,41,42)/t28-/m0/s1. The molecule has 5 aromatic rings. The molecule has 3 heterocycles. The lowest BCUT2D eigenvalue weighted by molar-refractivity contribution is 0.0827. The molecule has 0 unspecified atom stereocenters. The van der Waals surface area contributed by atoms with Gasteiger partial charge in [-0.05, 0) is 79.4 Å². The maximum Gasteiger partial charge on any atom is 0.253 e. The van der Waals surface area contributed by atoms with E-state index in [2.05, 4.69) is 38.5 Å². The monoisotopic (exact) mass is 684 g/mol. The predicted octanol–water partition coefficient (Wildman–Crippen LogP) is 7.62. The summed E-state index contributed by atoms with van der Waals surface area (Å²) in [5, 5.41) is 23.5. The summed E-state index contributed by atoms with van der Waals surface area (Å²) in [5.41, 5.74) is 4.92. The average Bonchev–Trinajstić information content (AvgIpc) is 3.59. The van der Waals surface area contributed by atoms with E-state index in [1.54, 1.807) is 25.1 Å². The molecular weight excluding hydrogens is 650 g/mol. The number of carbonyl (C=O) groups excluding carboxylic acids is 1. The lowest BCUT2D eigenvalue weighted by Gasteiger charge is -2.30. The van der Waals surface area contributed by atoms with Crippen LogP contribution >= 0.6 is 23.2 Å². The van der Waals surface area contributed by atoms with Crippen LogP contribution in [0.4, 0.5) is 15.8 Å². The van der Waals surface area contributed by atoms with E-state index < -0.39 is 5.82 Å². The van der Waals surface area contributed by atoms with Crippen LogP contribution in [0.1, 0.15) is 64.5 Å². The molecular formula is C36H35Cl2FN8O. The Kier molecular flexibility index (Phi) is 9.92. The van der Waals surface area contributed by atoms with E-state index in [0.717, 1.165) is 49.3 Å². The molecule has 1 saturated heterocycles. The minimum Gasteiger partial charge on any atom is -0.354 e. The topological polar surface area (TPSA) is 103 Å². The number of piperidine rings is 1. The minimum atomic E-state index is -0.543. The first-order valence-corrected chi connectivity index (χ1v) is 16.6. The van der Waals surface area contributed by atoms with Crippen LogP contribution in [0.5, 0.6) is 0 Å². The van der Waals surface area contributed by atoms with Gasteiger partial charge < -0.3 is 15.1 Å². The molecule has 0 radical (unpaired) electrons. The Bertz CT molecular complexity index is 2020. The van der Waals surface area contributed by atoms with Gasteiger partial charge in [0.05, 0.1) is 38.5 Å². The van der Waals surface area contributed by atoms with E-state index in [-0.39, 0.29) is 22.9 Å². The number of nitrogens with zero attached hydrogens (tertiary/aromatic N) is 7. The van der Waals surface area contributed by atoms with Crippen molar-refractivity contribution < 1.29 is 9.18 Å². The van der Waals surface area contributed by atoms with Crippen molar-refractivity contribution in [1.82, 2.24) is 29.8 Å². The number of likely N-dealkylation sites (tertiary alicyclic amines) is 1. The van der Waals surface area contributed by atoms with Crippen LogP contribution in [0.15, 0.2) is 67.0 Å². The smallest absolute Gasteiger partial charge is 0.253 e. The van der Waals surface area contributed by atoms with Crippen LogP contribution in [0.2, 0.25) is 10.0 Å². The average molecular weight is 686 g/mol. The number of benzene rings is 3. The molecule has 1 atom stereocenters. The molecule has 48 heavy (non-hydrogen) atoms. The van der Waals surface area contributed by atoms with Gasteiger partial charge in [0.1, 0.15) is 11.9 Å². The van der Waals surface area contributed by atoms with Crippen LogP contribution < -0.4 is 5.32 Å². The first-order chi connectivity index (χ1) is 23.1. The molecule has 0 bridgehead atoms. The Labute approximate surface area is 288 Å². The first kappa shape index (κ1) is 33.3. The first-order valence-electron chi connectivity index (χ1n) is 15.8. The normalized spacial score (nSPS) is 14.5. The number of carbonyl (C=O) groups is 1. The molecule has 12 heteroatoms. The summed E-state index contributed by atoms with van der Waals surface area (Å²) in [6.07, 6.45) is 5.96. The van der Waals surface area contributed by atoms with Crippen LogP contribution in [-0.4, -0.2) is 69.4 Å². The van der Waals surface area contributed by atoms with Crippen molar-refractivity contribution in [3.63, 3.8) is 0 Å². The quantitative estimate of drug-likeness (QED) is 0.170. The summed E-state index contributed by atoms with van der Waals surface area (Å²) in [6.45, 7) is 5.25. The Balaban J connectivity index is 1.42. The highest BCUT2D eigenvalue weighted by Gasteiger charge is 2.25. The van der Waals surface area contributed by atoms with E-state index in [1.807, 2.05) is 47.3 Å². The second-order valence-electron chi connectivity index (χ2n) is 12.3. The zero-order chi connectivity index (χ0) is 33.9. The third-order valence-electron chi connectivity index (χ3n) is 8.94. The number of nitriles is 1. The molecule has 246 valence electrons. The zero-order valence-electron chi connectivity index (χ0n) is 26.9. The number of hydrogen-bond donors (Lipinski definition) is 1. The van der Waals surface area contributed by atoms with Crippen molar-refractivity contribution in [3.05, 3.63) is 111 Å². The molecule has 2 aromatic heterocycles. The van der Waals surface area contributed by atoms with Gasteiger partial charge in [0.15, 0.2) is 0 Å². The van der Waals surface area contributed by atoms with Gasteiger partial charge in [-0.3, -0.25) is 9.78 Å². The van der Waals surface area contributed by atoms with Gasteiger partial charge >= 0.3 is 0 Å². The van der Waals surface area contributed by atoms with Crippen molar-refractivity contribution in [2.45, 2.75) is 38.1 Å². The maximum atomic E-state index is 13.9. The van der Waals surface area contributed by atoms with Crippen molar-refractivity contribution in [1.29, 1.82) is 5.26 Å². The number of rotatable bonds is 9. The lowest BCUT2D eigenvalue weighted by Crippen LogP contribution is -2.34. The molecule has 1 amide bonds. The lowest BCUT2D eigenvalue weighted by atomic mass is 9.88. The van der Waals surface area contributed by atoms with Crippen molar-refractivity contribution in [2.24, 2.45) is 0 Å². The number of aromatic nitrogens is 4. The van der Waals surface area contributed by atoms with Gasteiger partial charge in [0.25, 0.3) is 5.91 Å². The fourth-order valence-electron chi connectivity index (χ4n) is 6.28. The molecule has 1 N–H and O–H groups in total. The van der Waals surface area contributed by atoms with E-state index >= 15 is 0 Å². The van der Waals surface area contributed by atoms with E-state index in [0.29, 0.717) is 44.8 Å². The van der Waals surface area contributed by atoms with E-state index in [4.69, 9.17) is 23.2 Å². The highest BCUT2D eigenvalue weighted by molar-refractivity contribution is 6.35. The van der Waals surface area contributed by atoms with Crippen molar-refractivity contribution in [3.8, 4) is 6.07 Å². The van der Waals surface area contributed by atoms with Crippen molar-refractivity contribution in [2.75, 3.05) is 39.0 Å². The summed E-state index contributed by atoms with van der Waals surface area (Å²) in [6, 6.07) is 18.2. The van der Waals surface area contributed by atoms with Crippen LogP contribution in [0.25, 0.3) is 10.9 Å². The second-order valence-corrected chi connectivity index (χ2v) is 13.1. The Morgan fingerprint density at radius 2 is 1.92 bits per heavy atom. The summed E-state index contributed by atoms with van der Waals surface area (Å²) < 4.78 is 15.9. The predicted molar refractivity (Wildman–Crippen MR) is 187 cm³/mol. The molecule has 3 aromatic carbocycles. The summed E-state index contributed by atoms with van der Waals surface area (Å²) >= 11 is 12.9. The molecule has 9 nitrogen and oxygen atoms in total. The molecule has 0 saturated carbocycles. The molecule has 0 spiro atoms. The Morgan fingerprint density at radius 3 is 2.62 bits per heavy atom. The van der Waals surface area contributed by atoms with Crippen molar-refractivity contribution >= 4 is 51.4 Å². The highest BCUT2D eigenvalue weighted by atomic mass is 35.5. The number of amides is 1. The number of hydrogen-bond acceptors (Lipinski definition) is 7. The Morgan fingerprint density at radius 1 is 1.12 bits per heavy atom. The molecule has 1 aliphatic rings. The third-order valence-corrected chi connectivity index (χ3v) is 9.52. The number of fused-ring (bicyclic) bond motifs is 1. The summed E-state index contributed by atoms with van der Waals surface area (Å²) in [7, 11) is 3.46. The SMILES string of the molecule is CCN1CCC(n2cc([C@@H](Cc3cc(Cl)c4ncc(C#N)c(Nc5ccc(F)c(Cl)c5)c4c3)c3cccc(C(=O)N(C)C)c3)nn2)CC1. The fourth-order valence-corrected chi connectivity index (χ4v) is 6.75. The maximum absolute atomic E-state index is 13.9. The number of nitrogens with one attached hydrogen (secondary N) is 1. The summed E-state index contributed by atoms with van der Waals surface area (Å²) in [5.74, 6) is -0.905. The van der Waals surface area contributed by atoms with Crippen LogP contribution in [0.3, 0.4) is 0 Å². The van der Waals surface area contributed by atoms with Gasteiger partial charge in [-0.15, -0.1) is 5.10 Å². The number of anilines is 2. The highest BCUT2D eigenvalue weighted by Crippen LogP contribution is 2.37. The molecule has 6 rings (SSSR count). The third kappa shape index (κ3) is 6.99. The van der Waals surface area contributed by atoms with E-state index in [9.17, 15) is 14.4 Å². The van der Waals surface area contributed by atoms with Gasteiger partial charge in [-0.25, -0.2) is 9.07 Å². The van der Waals surface area contributed by atoms with Gasteiger partial charge in [0, 0.05) is 62.1 Å². The minimum absolute atomic E-state index is 0.0441. The largest absolute Gasteiger partial charge is 0.354 e. The van der Waals surface area contributed by atoms with Crippen LogP contribution in [-0.2, 0) is 6.42 Å². The van der Waals surface area contributed by atoms with Gasteiger partial charge in [-0.1, -0.05) is 47.5 Å².